The molecule has 0 saturated carbocycles. The van der Waals surface area contributed by atoms with E-state index < -0.39 is 0 Å². The summed E-state index contributed by atoms with van der Waals surface area (Å²) >= 11 is 6.53. The van der Waals surface area contributed by atoms with E-state index in [1.165, 1.54) is 0 Å². The molecule has 1 aromatic carbocycles. The number of hydrogen-bond acceptors (Lipinski definition) is 1. The summed E-state index contributed by atoms with van der Waals surface area (Å²) in [7, 11) is 0. The van der Waals surface area contributed by atoms with E-state index in [-0.39, 0.29) is 5.75 Å². The Bertz CT molecular complexity index is 314. The van der Waals surface area contributed by atoms with Gasteiger partial charge in [-0.2, -0.15) is 0 Å². The topological polar surface area (TPSA) is 20.2 Å². The number of hydrogen-bond donors (Lipinski definition) is 1. The van der Waals surface area contributed by atoms with Gasteiger partial charge in [0.1, 0.15) is 5.75 Å². The van der Waals surface area contributed by atoms with Crippen LogP contribution in [-0.4, -0.2) is 5.11 Å². The molecule has 0 fully saturated rings. The second-order valence-electron chi connectivity index (χ2n) is 2.47. The summed E-state index contributed by atoms with van der Waals surface area (Å²) in [5, 5.41) is 9.19. The molecule has 0 unspecified atom stereocenters. The highest BCUT2D eigenvalue weighted by atomic mass is 79.9. The minimum absolute atomic E-state index is 0.285. The third-order valence-electron chi connectivity index (χ3n) is 1.53. The minimum Gasteiger partial charge on any atom is -0.508 e. The molecule has 0 aromatic heterocycles. The molecule has 3 heteroatoms. The lowest BCUT2D eigenvalue weighted by Crippen LogP contribution is -1.78. The molecule has 1 rings (SSSR count). The molecule has 64 valence electrons. The van der Waals surface area contributed by atoms with Gasteiger partial charge in [-0.15, -0.1) is 0 Å². The van der Waals surface area contributed by atoms with Crippen LogP contribution in [0.4, 0.5) is 0 Å². The fourth-order valence-electron chi connectivity index (χ4n) is 0.901. The van der Waals surface area contributed by atoms with Crippen molar-refractivity contribution in [2.75, 3.05) is 0 Å². The SMILES string of the molecule is Cc1ccc(O)cc1C=C(Br)Br. The lowest BCUT2D eigenvalue weighted by atomic mass is 10.1. The highest BCUT2D eigenvalue weighted by Gasteiger charge is 1.96. The van der Waals surface area contributed by atoms with Crippen LogP contribution in [0.15, 0.2) is 21.6 Å². The number of aromatic hydroxyl groups is 1. The Morgan fingerprint density at radius 1 is 1.42 bits per heavy atom. The van der Waals surface area contributed by atoms with Crippen LogP contribution in [0.25, 0.3) is 6.08 Å². The van der Waals surface area contributed by atoms with E-state index in [0.717, 1.165) is 14.5 Å². The monoisotopic (exact) mass is 290 g/mol. The normalized spacial score (nSPS) is 9.58. The summed E-state index contributed by atoms with van der Waals surface area (Å²) in [4.78, 5) is 0. The fraction of sp³-hybridized carbons (Fsp3) is 0.111. The summed E-state index contributed by atoms with van der Waals surface area (Å²) in [6.45, 7) is 1.99. The molecule has 0 saturated heterocycles. The van der Waals surface area contributed by atoms with E-state index in [0.29, 0.717) is 0 Å². The van der Waals surface area contributed by atoms with Gasteiger partial charge in [-0.25, -0.2) is 0 Å². The second kappa shape index (κ2) is 4.10. The third-order valence-corrected chi connectivity index (χ3v) is 1.99. The molecular weight excluding hydrogens is 284 g/mol. The van der Waals surface area contributed by atoms with Crippen LogP contribution in [0, 0.1) is 6.92 Å². The van der Waals surface area contributed by atoms with E-state index in [9.17, 15) is 5.11 Å². The van der Waals surface area contributed by atoms with Crippen LogP contribution in [0.3, 0.4) is 0 Å². The zero-order valence-corrected chi connectivity index (χ0v) is 9.68. The molecule has 0 amide bonds. The van der Waals surface area contributed by atoms with Gasteiger partial charge in [-0.1, -0.05) is 6.07 Å². The Morgan fingerprint density at radius 3 is 2.67 bits per heavy atom. The zero-order valence-electron chi connectivity index (χ0n) is 6.51. The Kier molecular flexibility index (Phi) is 3.35. The zero-order chi connectivity index (χ0) is 9.14. The summed E-state index contributed by atoms with van der Waals surface area (Å²) in [6.07, 6.45) is 1.90. The van der Waals surface area contributed by atoms with Crippen LogP contribution < -0.4 is 0 Å². The predicted molar refractivity (Wildman–Crippen MR) is 58.7 cm³/mol. The predicted octanol–water partition coefficient (Wildman–Crippen LogP) is 3.79. The number of halogens is 2. The van der Waals surface area contributed by atoms with E-state index >= 15 is 0 Å². The van der Waals surface area contributed by atoms with Crippen molar-refractivity contribution in [3.05, 3.63) is 32.7 Å². The lowest BCUT2D eigenvalue weighted by Gasteiger charge is -2.00. The van der Waals surface area contributed by atoms with Crippen molar-refractivity contribution in [3.63, 3.8) is 0 Å². The summed E-state index contributed by atoms with van der Waals surface area (Å²) in [5.41, 5.74) is 2.13. The Morgan fingerprint density at radius 2 is 2.08 bits per heavy atom. The van der Waals surface area contributed by atoms with Crippen LogP contribution in [0.1, 0.15) is 11.1 Å². The number of phenolic OH excluding ortho intramolecular Hbond substituents is 1. The van der Waals surface area contributed by atoms with Crippen LogP contribution in [0.2, 0.25) is 0 Å². The quantitative estimate of drug-likeness (QED) is 0.835. The minimum atomic E-state index is 0.285. The lowest BCUT2D eigenvalue weighted by molar-refractivity contribution is 0.475. The molecule has 1 N–H and O–H groups in total. The van der Waals surface area contributed by atoms with Crippen LogP contribution >= 0.6 is 31.9 Å². The van der Waals surface area contributed by atoms with Crippen molar-refractivity contribution in [2.24, 2.45) is 0 Å². The second-order valence-corrected chi connectivity index (χ2v) is 5.25. The highest BCUT2D eigenvalue weighted by molar-refractivity contribution is 9.28. The average molecular weight is 292 g/mol. The van der Waals surface area contributed by atoms with Gasteiger partial charge in [-0.05, 0) is 68.1 Å². The Balaban J connectivity index is 3.14. The van der Waals surface area contributed by atoms with Gasteiger partial charge in [0.05, 0.1) is 3.39 Å². The number of phenols is 1. The number of aryl methyl sites for hydroxylation is 1. The van der Waals surface area contributed by atoms with Gasteiger partial charge >= 0.3 is 0 Å². The van der Waals surface area contributed by atoms with E-state index in [1.807, 2.05) is 19.1 Å². The molecule has 0 aliphatic heterocycles. The first kappa shape index (κ1) is 9.81. The molecule has 0 heterocycles. The molecular formula is C9H8Br2O. The average Bonchev–Trinajstić information content (AvgIpc) is 1.96. The third kappa shape index (κ3) is 2.64. The van der Waals surface area contributed by atoms with E-state index in [1.54, 1.807) is 12.1 Å². The molecule has 0 bridgehead atoms. The van der Waals surface area contributed by atoms with Gasteiger partial charge in [0, 0.05) is 0 Å². The first-order valence-corrected chi connectivity index (χ1v) is 5.00. The van der Waals surface area contributed by atoms with Crippen molar-refractivity contribution in [1.82, 2.24) is 0 Å². The van der Waals surface area contributed by atoms with E-state index in [2.05, 4.69) is 31.9 Å². The standard InChI is InChI=1S/C9H8Br2O/c1-6-2-3-8(12)4-7(6)5-9(10)11/h2-5,12H,1H3. The fourth-order valence-corrected chi connectivity index (χ4v) is 1.39. The maximum Gasteiger partial charge on any atom is 0.116 e. The Hall–Kier alpha value is -0.280. The molecule has 0 radical (unpaired) electrons. The molecule has 0 atom stereocenters. The highest BCUT2D eigenvalue weighted by Crippen LogP contribution is 2.23. The Labute approximate surface area is 88.4 Å². The molecule has 0 spiro atoms. The maximum absolute atomic E-state index is 9.19. The van der Waals surface area contributed by atoms with Crippen molar-refractivity contribution in [2.45, 2.75) is 6.92 Å². The van der Waals surface area contributed by atoms with Crippen molar-refractivity contribution in [3.8, 4) is 5.75 Å². The van der Waals surface area contributed by atoms with Crippen LogP contribution in [0.5, 0.6) is 5.75 Å². The van der Waals surface area contributed by atoms with Crippen molar-refractivity contribution in [1.29, 1.82) is 0 Å². The molecule has 1 nitrogen and oxygen atoms in total. The van der Waals surface area contributed by atoms with Crippen molar-refractivity contribution < 1.29 is 5.11 Å². The summed E-state index contributed by atoms with van der Waals surface area (Å²) in [5.74, 6) is 0.285. The first-order chi connectivity index (χ1) is 5.59. The van der Waals surface area contributed by atoms with Crippen molar-refractivity contribution >= 4 is 37.9 Å². The largest absolute Gasteiger partial charge is 0.508 e. The van der Waals surface area contributed by atoms with E-state index in [4.69, 9.17) is 0 Å². The van der Waals surface area contributed by atoms with Gasteiger partial charge in [-0.3, -0.25) is 0 Å². The molecule has 12 heavy (non-hydrogen) atoms. The van der Waals surface area contributed by atoms with Gasteiger partial charge in [0.25, 0.3) is 0 Å². The van der Waals surface area contributed by atoms with Gasteiger partial charge in [0.2, 0.25) is 0 Å². The van der Waals surface area contributed by atoms with Crippen LogP contribution in [-0.2, 0) is 0 Å². The van der Waals surface area contributed by atoms with Gasteiger partial charge in [0.15, 0.2) is 0 Å². The summed E-state index contributed by atoms with van der Waals surface area (Å²) in [6, 6.07) is 5.27. The smallest absolute Gasteiger partial charge is 0.116 e. The number of benzene rings is 1. The molecule has 0 aliphatic rings. The molecule has 1 aromatic rings. The summed E-state index contributed by atoms with van der Waals surface area (Å²) < 4.78 is 0.865. The molecule has 0 aliphatic carbocycles. The van der Waals surface area contributed by atoms with Gasteiger partial charge < -0.3 is 5.11 Å². The first-order valence-electron chi connectivity index (χ1n) is 3.42. The maximum atomic E-state index is 9.19. The number of rotatable bonds is 1.